The van der Waals surface area contributed by atoms with Crippen LogP contribution in [0, 0.1) is 13.8 Å². The number of hydrogen-bond acceptors (Lipinski definition) is 3. The Morgan fingerprint density at radius 2 is 1.54 bits per heavy atom. The first-order valence-electron chi connectivity index (χ1n) is 8.64. The van der Waals surface area contributed by atoms with Crippen LogP contribution in [0.2, 0.25) is 0 Å². The Bertz CT molecular complexity index is 750. The lowest BCUT2D eigenvalue weighted by Gasteiger charge is -2.28. The fourth-order valence-electron chi connectivity index (χ4n) is 2.77. The highest BCUT2D eigenvalue weighted by Crippen LogP contribution is 2.19. The molecule has 1 N–H and O–H groups in total. The van der Waals surface area contributed by atoms with Crippen LogP contribution in [0.15, 0.2) is 48.5 Å². The Hall–Kier alpha value is -2.66. The number of quaternary nitrogens is 1. The van der Waals surface area contributed by atoms with Gasteiger partial charge in [-0.3, -0.25) is 4.79 Å². The molecule has 0 saturated heterocycles. The summed E-state index contributed by atoms with van der Waals surface area (Å²) in [5.74, 6) is -0.443. The van der Waals surface area contributed by atoms with Gasteiger partial charge in [-0.05, 0) is 30.5 Å². The highest BCUT2D eigenvalue weighted by atomic mass is 16.5. The van der Waals surface area contributed by atoms with Crippen molar-refractivity contribution in [2.45, 2.75) is 20.5 Å². The zero-order valence-electron chi connectivity index (χ0n) is 15.9. The Labute approximate surface area is 155 Å². The van der Waals surface area contributed by atoms with Crippen LogP contribution in [0.4, 0.5) is 5.69 Å². The number of carbonyl (C=O) groups is 2. The van der Waals surface area contributed by atoms with Crippen molar-refractivity contribution in [1.82, 2.24) is 0 Å². The predicted octanol–water partition coefficient (Wildman–Crippen LogP) is 3.06. The topological polar surface area (TPSA) is 55.4 Å². The molecule has 1 amide bonds. The van der Waals surface area contributed by atoms with Crippen LogP contribution < -0.4 is 5.32 Å². The molecule has 2 aromatic carbocycles. The van der Waals surface area contributed by atoms with Gasteiger partial charge < -0.3 is 14.5 Å². The maximum absolute atomic E-state index is 12.4. The van der Waals surface area contributed by atoms with E-state index < -0.39 is 0 Å². The first-order chi connectivity index (χ1) is 12.3. The Balaban J connectivity index is 1.87. The molecule has 0 bridgehead atoms. The van der Waals surface area contributed by atoms with E-state index in [4.69, 9.17) is 4.74 Å². The largest absolute Gasteiger partial charge is 0.457 e. The fraction of sp³-hybridized carbons (Fsp3) is 0.333. The van der Waals surface area contributed by atoms with E-state index in [0.29, 0.717) is 0 Å². The molecule has 5 nitrogen and oxygen atoms in total. The van der Waals surface area contributed by atoms with Gasteiger partial charge in [0.05, 0.1) is 14.1 Å². The minimum Gasteiger partial charge on any atom is -0.457 e. The lowest BCUT2D eigenvalue weighted by molar-refractivity contribution is -0.874. The molecule has 0 aliphatic carbocycles. The number of aryl methyl sites for hydroxylation is 2. The number of benzene rings is 2. The predicted molar refractivity (Wildman–Crippen MR) is 103 cm³/mol. The van der Waals surface area contributed by atoms with Crippen LogP contribution in [-0.2, 0) is 20.9 Å². The number of carbonyl (C=O) groups excluding carboxylic acids is 2. The van der Waals surface area contributed by atoms with Crippen LogP contribution in [-0.4, -0.2) is 43.5 Å². The van der Waals surface area contributed by atoms with E-state index in [0.717, 1.165) is 22.4 Å². The van der Waals surface area contributed by atoms with E-state index in [1.807, 2.05) is 76.5 Å². The van der Waals surface area contributed by atoms with Gasteiger partial charge in [0.15, 0.2) is 13.1 Å². The Morgan fingerprint density at radius 3 is 2.15 bits per heavy atom. The monoisotopic (exact) mass is 355 g/mol. The highest BCUT2D eigenvalue weighted by Gasteiger charge is 2.25. The van der Waals surface area contributed by atoms with Gasteiger partial charge in [-0.2, -0.15) is 0 Å². The van der Waals surface area contributed by atoms with E-state index in [9.17, 15) is 9.59 Å². The number of hydrogen-bond donors (Lipinski definition) is 1. The maximum atomic E-state index is 12.4. The van der Waals surface area contributed by atoms with Gasteiger partial charge in [-0.25, -0.2) is 4.79 Å². The van der Waals surface area contributed by atoms with Gasteiger partial charge in [0.2, 0.25) is 0 Å². The first-order valence-corrected chi connectivity index (χ1v) is 8.64. The maximum Gasteiger partial charge on any atom is 0.362 e. The summed E-state index contributed by atoms with van der Waals surface area (Å²) in [6, 6.07) is 15.4. The average molecular weight is 355 g/mol. The molecule has 0 fully saturated rings. The van der Waals surface area contributed by atoms with Crippen LogP contribution in [0.5, 0.6) is 0 Å². The molecule has 0 heterocycles. The molecule has 0 saturated carbocycles. The SMILES string of the molecule is Cc1cccc(C)c1NC(=O)C[N+](C)(C)CC(=O)OCc1ccccc1. The fourth-order valence-corrected chi connectivity index (χ4v) is 2.77. The molecule has 0 aliphatic rings. The Morgan fingerprint density at radius 1 is 0.923 bits per heavy atom. The average Bonchev–Trinajstić information content (AvgIpc) is 2.56. The summed E-state index contributed by atoms with van der Waals surface area (Å²) in [5.41, 5.74) is 3.82. The van der Waals surface area contributed by atoms with Crippen molar-refractivity contribution < 1.29 is 18.8 Å². The number of para-hydroxylation sites is 1. The van der Waals surface area contributed by atoms with E-state index >= 15 is 0 Å². The van der Waals surface area contributed by atoms with Crippen LogP contribution in [0.3, 0.4) is 0 Å². The molecular formula is C21H27N2O3+. The molecule has 0 spiro atoms. The van der Waals surface area contributed by atoms with Gasteiger partial charge in [-0.15, -0.1) is 0 Å². The third-order valence-corrected chi connectivity index (χ3v) is 4.12. The van der Waals surface area contributed by atoms with Gasteiger partial charge in [0.1, 0.15) is 6.61 Å². The van der Waals surface area contributed by atoms with Gasteiger partial charge in [0.25, 0.3) is 5.91 Å². The molecule has 0 unspecified atom stereocenters. The lowest BCUT2D eigenvalue weighted by Crippen LogP contribution is -2.49. The van der Waals surface area contributed by atoms with Crippen LogP contribution in [0.1, 0.15) is 16.7 Å². The molecular weight excluding hydrogens is 328 g/mol. The third-order valence-electron chi connectivity index (χ3n) is 4.12. The second-order valence-corrected chi connectivity index (χ2v) is 7.21. The summed E-state index contributed by atoms with van der Waals surface area (Å²) in [7, 11) is 3.68. The first kappa shape index (κ1) is 19.7. The normalized spacial score (nSPS) is 11.1. The molecule has 0 atom stereocenters. The molecule has 2 aromatic rings. The number of amides is 1. The van der Waals surface area contributed by atoms with Crippen LogP contribution in [0.25, 0.3) is 0 Å². The van der Waals surface area contributed by atoms with Crippen molar-refractivity contribution in [2.24, 2.45) is 0 Å². The minimum absolute atomic E-state index is 0.122. The van der Waals surface area contributed by atoms with Crippen molar-refractivity contribution >= 4 is 17.6 Å². The zero-order chi connectivity index (χ0) is 19.2. The molecule has 138 valence electrons. The second kappa shape index (κ2) is 8.63. The van der Waals surface area contributed by atoms with E-state index in [1.165, 1.54) is 0 Å². The quantitative estimate of drug-likeness (QED) is 0.613. The van der Waals surface area contributed by atoms with Crippen molar-refractivity contribution in [3.05, 3.63) is 65.2 Å². The molecule has 2 rings (SSSR count). The van der Waals surface area contributed by atoms with Crippen LogP contribution >= 0.6 is 0 Å². The summed E-state index contributed by atoms with van der Waals surface area (Å²) in [6.45, 7) is 4.49. The number of anilines is 1. The standard InChI is InChI=1S/C21H26N2O3/c1-16-9-8-10-17(2)21(16)22-19(24)13-23(3,4)14-20(25)26-15-18-11-6-5-7-12-18/h5-12H,13-15H2,1-4H3/p+1. The Kier molecular flexibility index (Phi) is 6.52. The second-order valence-electron chi connectivity index (χ2n) is 7.21. The minimum atomic E-state index is -0.321. The highest BCUT2D eigenvalue weighted by molar-refractivity contribution is 5.93. The molecule has 0 aromatic heterocycles. The molecule has 0 aliphatic heterocycles. The summed E-state index contributed by atoms with van der Waals surface area (Å²) < 4.78 is 5.54. The van der Waals surface area contributed by atoms with Gasteiger partial charge >= 0.3 is 5.97 Å². The number of nitrogens with one attached hydrogen (secondary N) is 1. The number of rotatable bonds is 7. The summed E-state index contributed by atoms with van der Waals surface area (Å²) in [5, 5.41) is 2.96. The van der Waals surface area contributed by atoms with Gasteiger partial charge in [-0.1, -0.05) is 48.5 Å². The van der Waals surface area contributed by atoms with E-state index in [1.54, 1.807) is 0 Å². The third kappa shape index (κ3) is 6.01. The lowest BCUT2D eigenvalue weighted by atomic mass is 10.1. The summed E-state index contributed by atoms with van der Waals surface area (Å²) in [4.78, 5) is 24.5. The molecule has 0 radical (unpaired) electrons. The zero-order valence-corrected chi connectivity index (χ0v) is 15.9. The number of esters is 1. The molecule has 5 heteroatoms. The number of nitrogens with zero attached hydrogens (tertiary/aromatic N) is 1. The van der Waals surface area contributed by atoms with Gasteiger partial charge in [0, 0.05) is 5.69 Å². The van der Waals surface area contributed by atoms with Crippen molar-refractivity contribution in [3.8, 4) is 0 Å². The van der Waals surface area contributed by atoms with Crippen molar-refractivity contribution in [1.29, 1.82) is 0 Å². The number of likely N-dealkylation sites (N-methyl/N-ethyl adjacent to an activating group) is 1. The number of ether oxygens (including phenoxy) is 1. The summed E-state index contributed by atoms with van der Waals surface area (Å²) >= 11 is 0. The molecule has 26 heavy (non-hydrogen) atoms. The van der Waals surface area contributed by atoms with E-state index in [2.05, 4.69) is 5.32 Å². The summed E-state index contributed by atoms with van der Waals surface area (Å²) in [6.07, 6.45) is 0. The van der Waals surface area contributed by atoms with Crippen molar-refractivity contribution in [2.75, 3.05) is 32.5 Å². The van der Waals surface area contributed by atoms with Crippen molar-refractivity contribution in [3.63, 3.8) is 0 Å². The van der Waals surface area contributed by atoms with E-state index in [-0.39, 0.29) is 36.1 Å². The smallest absolute Gasteiger partial charge is 0.362 e.